The third-order valence-corrected chi connectivity index (χ3v) is 3.70. The van der Waals surface area contributed by atoms with Gasteiger partial charge in [0.05, 0.1) is 6.33 Å². The van der Waals surface area contributed by atoms with Crippen molar-refractivity contribution in [2.24, 2.45) is 0 Å². The SMILES string of the molecule is CC(=O)c1ccc(NC(=O)/C=C(/C)C(=O)NCCCn2ccnc2)cc1. The van der Waals surface area contributed by atoms with Crippen LogP contribution in [0.3, 0.4) is 0 Å². The number of aromatic nitrogens is 2. The van der Waals surface area contributed by atoms with Crippen LogP contribution in [0.4, 0.5) is 5.69 Å². The second-order valence-electron chi connectivity index (χ2n) is 5.86. The average molecular weight is 354 g/mol. The van der Waals surface area contributed by atoms with E-state index < -0.39 is 5.91 Å². The number of anilines is 1. The number of benzene rings is 1. The van der Waals surface area contributed by atoms with Gasteiger partial charge in [0.25, 0.3) is 0 Å². The van der Waals surface area contributed by atoms with Crippen LogP contribution in [-0.4, -0.2) is 33.7 Å². The number of nitrogens with zero attached hydrogens (tertiary/aromatic N) is 2. The molecular weight excluding hydrogens is 332 g/mol. The van der Waals surface area contributed by atoms with Crippen LogP contribution in [0.2, 0.25) is 0 Å². The topological polar surface area (TPSA) is 93.1 Å². The second-order valence-corrected chi connectivity index (χ2v) is 5.86. The molecule has 1 aromatic carbocycles. The van der Waals surface area contributed by atoms with Gasteiger partial charge in [0.2, 0.25) is 11.8 Å². The number of hydrogen-bond acceptors (Lipinski definition) is 4. The summed E-state index contributed by atoms with van der Waals surface area (Å²) in [5.41, 5.74) is 1.46. The fourth-order valence-corrected chi connectivity index (χ4v) is 2.25. The van der Waals surface area contributed by atoms with E-state index in [1.165, 1.54) is 13.0 Å². The molecule has 1 heterocycles. The zero-order valence-corrected chi connectivity index (χ0v) is 14.9. The summed E-state index contributed by atoms with van der Waals surface area (Å²) in [6.07, 6.45) is 7.31. The molecule has 7 heteroatoms. The van der Waals surface area contributed by atoms with Crippen LogP contribution in [0.15, 0.2) is 54.6 Å². The Labute approximate surface area is 152 Å². The standard InChI is InChI=1S/C19H22N4O3/c1-14(19(26)21-8-3-10-23-11-9-20-13-23)12-18(25)22-17-6-4-16(5-7-17)15(2)24/h4-7,9,11-13H,3,8,10H2,1-2H3,(H,21,26)(H,22,25)/b14-12-. The predicted octanol–water partition coefficient (Wildman–Crippen LogP) is 2.18. The summed E-state index contributed by atoms with van der Waals surface area (Å²) >= 11 is 0. The summed E-state index contributed by atoms with van der Waals surface area (Å²) < 4.78 is 1.93. The van der Waals surface area contributed by atoms with E-state index in [0.717, 1.165) is 13.0 Å². The minimum Gasteiger partial charge on any atom is -0.352 e. The van der Waals surface area contributed by atoms with Crippen LogP contribution in [0.25, 0.3) is 0 Å². The lowest BCUT2D eigenvalue weighted by Gasteiger charge is -2.07. The van der Waals surface area contributed by atoms with E-state index in [0.29, 0.717) is 23.4 Å². The maximum absolute atomic E-state index is 12.0. The van der Waals surface area contributed by atoms with E-state index in [1.54, 1.807) is 43.7 Å². The molecule has 0 bridgehead atoms. The Hall–Kier alpha value is -3.22. The first kappa shape index (κ1) is 19.1. The van der Waals surface area contributed by atoms with Crippen molar-refractivity contribution in [1.82, 2.24) is 14.9 Å². The van der Waals surface area contributed by atoms with Gasteiger partial charge in [-0.15, -0.1) is 0 Å². The molecule has 7 nitrogen and oxygen atoms in total. The van der Waals surface area contributed by atoms with Crippen molar-refractivity contribution in [3.63, 3.8) is 0 Å². The van der Waals surface area contributed by atoms with Crippen molar-refractivity contribution >= 4 is 23.3 Å². The van der Waals surface area contributed by atoms with Gasteiger partial charge in [0, 0.05) is 48.4 Å². The highest BCUT2D eigenvalue weighted by Crippen LogP contribution is 2.10. The highest BCUT2D eigenvalue weighted by atomic mass is 16.2. The molecule has 2 aromatic rings. The maximum Gasteiger partial charge on any atom is 0.248 e. The lowest BCUT2D eigenvalue weighted by atomic mass is 10.1. The van der Waals surface area contributed by atoms with Crippen LogP contribution in [0, 0.1) is 0 Å². The molecule has 0 aliphatic rings. The number of imidazole rings is 1. The van der Waals surface area contributed by atoms with Crippen LogP contribution < -0.4 is 10.6 Å². The Balaban J connectivity index is 1.78. The quantitative estimate of drug-likeness (QED) is 0.432. The number of Topliss-reactive ketones (excluding diaryl/α,β-unsaturated/α-hetero) is 1. The molecule has 0 fully saturated rings. The molecule has 0 atom stereocenters. The number of rotatable bonds is 8. The Morgan fingerprint density at radius 3 is 2.50 bits per heavy atom. The monoisotopic (exact) mass is 354 g/mol. The largest absolute Gasteiger partial charge is 0.352 e. The van der Waals surface area contributed by atoms with Crippen molar-refractivity contribution in [2.45, 2.75) is 26.8 Å². The smallest absolute Gasteiger partial charge is 0.248 e. The van der Waals surface area contributed by atoms with Crippen LogP contribution >= 0.6 is 0 Å². The first-order valence-corrected chi connectivity index (χ1v) is 8.30. The third-order valence-electron chi connectivity index (χ3n) is 3.70. The lowest BCUT2D eigenvalue weighted by Crippen LogP contribution is -2.26. The van der Waals surface area contributed by atoms with Gasteiger partial charge in [-0.1, -0.05) is 0 Å². The third kappa shape index (κ3) is 6.01. The van der Waals surface area contributed by atoms with Crippen LogP contribution in [0.5, 0.6) is 0 Å². The lowest BCUT2D eigenvalue weighted by molar-refractivity contribution is -0.118. The van der Waals surface area contributed by atoms with Crippen molar-refractivity contribution < 1.29 is 14.4 Å². The average Bonchev–Trinajstić information content (AvgIpc) is 3.12. The van der Waals surface area contributed by atoms with Gasteiger partial charge >= 0.3 is 0 Å². The molecular formula is C19H22N4O3. The van der Waals surface area contributed by atoms with Crippen molar-refractivity contribution in [1.29, 1.82) is 0 Å². The molecule has 2 N–H and O–H groups in total. The Morgan fingerprint density at radius 1 is 1.15 bits per heavy atom. The Bertz CT molecular complexity index is 793. The number of nitrogens with one attached hydrogen (secondary N) is 2. The van der Waals surface area contributed by atoms with Gasteiger partial charge in [-0.05, 0) is 44.5 Å². The summed E-state index contributed by atoms with van der Waals surface area (Å²) in [5, 5.41) is 5.44. The van der Waals surface area contributed by atoms with E-state index in [1.807, 2.05) is 10.8 Å². The Kier molecular flexibility index (Phi) is 6.84. The molecule has 0 radical (unpaired) electrons. The first-order chi connectivity index (χ1) is 12.5. The van der Waals surface area contributed by atoms with Gasteiger partial charge in [0.15, 0.2) is 5.78 Å². The van der Waals surface area contributed by atoms with E-state index in [4.69, 9.17) is 0 Å². The molecule has 2 amide bonds. The minimum absolute atomic E-state index is 0.0386. The molecule has 0 spiro atoms. The van der Waals surface area contributed by atoms with Gasteiger partial charge in [-0.25, -0.2) is 4.98 Å². The summed E-state index contributed by atoms with van der Waals surface area (Å²) in [6.45, 7) is 4.34. The fourth-order valence-electron chi connectivity index (χ4n) is 2.25. The van der Waals surface area contributed by atoms with Gasteiger partial charge in [-0.2, -0.15) is 0 Å². The molecule has 0 aliphatic heterocycles. The van der Waals surface area contributed by atoms with Gasteiger partial charge in [-0.3, -0.25) is 14.4 Å². The number of ketones is 1. The Morgan fingerprint density at radius 2 is 1.88 bits per heavy atom. The molecule has 0 aliphatic carbocycles. The highest BCUT2D eigenvalue weighted by molar-refractivity contribution is 6.06. The first-order valence-electron chi connectivity index (χ1n) is 8.30. The zero-order valence-electron chi connectivity index (χ0n) is 14.9. The minimum atomic E-state index is -0.397. The molecule has 0 saturated heterocycles. The number of hydrogen-bond donors (Lipinski definition) is 2. The maximum atomic E-state index is 12.0. The van der Waals surface area contributed by atoms with E-state index in [2.05, 4.69) is 15.6 Å². The van der Waals surface area contributed by atoms with Crippen molar-refractivity contribution in [2.75, 3.05) is 11.9 Å². The predicted molar refractivity (Wildman–Crippen MR) is 98.7 cm³/mol. The normalized spacial score (nSPS) is 11.1. The molecule has 0 unspecified atom stereocenters. The number of aryl methyl sites for hydroxylation is 1. The molecule has 0 saturated carbocycles. The van der Waals surface area contributed by atoms with Crippen LogP contribution in [0.1, 0.15) is 30.6 Å². The summed E-state index contributed by atoms with van der Waals surface area (Å²) in [7, 11) is 0. The number of carbonyl (C=O) groups excluding carboxylic acids is 3. The fraction of sp³-hybridized carbons (Fsp3) is 0.263. The summed E-state index contributed by atoms with van der Waals surface area (Å²) in [5.74, 6) is -0.715. The molecule has 2 rings (SSSR count). The van der Waals surface area contributed by atoms with E-state index >= 15 is 0 Å². The van der Waals surface area contributed by atoms with Crippen LogP contribution in [-0.2, 0) is 16.1 Å². The molecule has 136 valence electrons. The summed E-state index contributed by atoms with van der Waals surface area (Å²) in [6, 6.07) is 6.57. The molecule has 26 heavy (non-hydrogen) atoms. The van der Waals surface area contributed by atoms with E-state index in [-0.39, 0.29) is 11.7 Å². The van der Waals surface area contributed by atoms with Crippen molar-refractivity contribution in [3.8, 4) is 0 Å². The summed E-state index contributed by atoms with van der Waals surface area (Å²) in [4.78, 5) is 39.2. The highest BCUT2D eigenvalue weighted by Gasteiger charge is 2.07. The molecule has 1 aromatic heterocycles. The zero-order chi connectivity index (χ0) is 18.9. The van der Waals surface area contributed by atoms with Gasteiger partial charge < -0.3 is 15.2 Å². The number of amides is 2. The van der Waals surface area contributed by atoms with Gasteiger partial charge in [0.1, 0.15) is 0 Å². The number of carbonyl (C=O) groups is 3. The van der Waals surface area contributed by atoms with E-state index in [9.17, 15) is 14.4 Å². The van der Waals surface area contributed by atoms with Crippen molar-refractivity contribution in [3.05, 3.63) is 60.2 Å². The second kappa shape index (κ2) is 9.31.